The van der Waals surface area contributed by atoms with Crippen molar-refractivity contribution in [3.05, 3.63) is 54.2 Å². The van der Waals surface area contributed by atoms with Crippen LogP contribution < -0.4 is 10.6 Å². The van der Waals surface area contributed by atoms with Crippen molar-refractivity contribution in [1.82, 2.24) is 25.2 Å². The van der Waals surface area contributed by atoms with E-state index >= 15 is 0 Å². The molecule has 0 radical (unpaired) electrons. The average molecular weight is 494 g/mol. The topological polar surface area (TPSA) is 70.0 Å². The van der Waals surface area contributed by atoms with E-state index in [1.54, 1.807) is 0 Å². The molecule has 0 unspecified atom stereocenters. The van der Waals surface area contributed by atoms with E-state index in [0.29, 0.717) is 0 Å². The van der Waals surface area contributed by atoms with Gasteiger partial charge in [0.05, 0.1) is 0 Å². The highest BCUT2D eigenvalue weighted by atomic mass is 127. The lowest BCUT2D eigenvalue weighted by Crippen LogP contribution is -2.38. The Hall–Kier alpha value is -2.03. The number of aromatic nitrogens is 3. The Morgan fingerprint density at radius 2 is 2.07 bits per heavy atom. The van der Waals surface area contributed by atoms with E-state index in [9.17, 15) is 0 Å². The van der Waals surface area contributed by atoms with Gasteiger partial charge in [-0.15, -0.1) is 24.0 Å². The van der Waals surface area contributed by atoms with Crippen LogP contribution in [0.1, 0.15) is 31.2 Å². The molecule has 28 heavy (non-hydrogen) atoms. The molecule has 0 aliphatic carbocycles. The zero-order valence-corrected chi connectivity index (χ0v) is 19.1. The number of aryl methyl sites for hydroxylation is 2. The van der Waals surface area contributed by atoms with Gasteiger partial charge in [0.2, 0.25) is 0 Å². The van der Waals surface area contributed by atoms with Crippen molar-refractivity contribution < 1.29 is 0 Å². The van der Waals surface area contributed by atoms with Gasteiger partial charge in [0.25, 0.3) is 0 Å². The van der Waals surface area contributed by atoms with Gasteiger partial charge in [-0.3, -0.25) is 4.99 Å². The minimum Gasteiger partial charge on any atom is -0.361 e. The Kier molecular flexibility index (Phi) is 9.33. The fourth-order valence-electron chi connectivity index (χ4n) is 3.22. The molecule has 0 spiro atoms. The monoisotopic (exact) mass is 494 g/mol. The largest absolute Gasteiger partial charge is 0.361 e. The van der Waals surface area contributed by atoms with Gasteiger partial charge in [-0.1, -0.05) is 18.2 Å². The standard InChI is InChI=1S/C21H30N6.HI/c1-3-22-21(24-11-6-7-14-27-15-13-23-17(27)2)25-12-10-18-16-26-20-9-5-4-8-19(18)20;/h4-5,8-9,13,15-16,26H,3,6-7,10-12,14H2,1-2H3,(H2,22,24,25);1H. The maximum atomic E-state index is 4.70. The number of rotatable bonds is 9. The minimum atomic E-state index is 0. The second-order valence-electron chi connectivity index (χ2n) is 6.67. The molecule has 0 bridgehead atoms. The normalized spacial score (nSPS) is 11.4. The van der Waals surface area contributed by atoms with Crippen LogP contribution in [0, 0.1) is 6.92 Å². The van der Waals surface area contributed by atoms with Gasteiger partial charge in [-0.25, -0.2) is 4.98 Å². The highest BCUT2D eigenvalue weighted by Gasteiger charge is 2.03. The van der Waals surface area contributed by atoms with Crippen LogP contribution in [0.2, 0.25) is 0 Å². The number of aliphatic imine (C=N–C) groups is 1. The molecule has 3 rings (SSSR count). The number of aromatic amines is 1. The number of fused-ring (bicyclic) bond motifs is 1. The second-order valence-corrected chi connectivity index (χ2v) is 6.67. The van der Waals surface area contributed by atoms with E-state index in [4.69, 9.17) is 4.99 Å². The van der Waals surface area contributed by atoms with Crippen LogP contribution in [0.5, 0.6) is 0 Å². The molecule has 0 fully saturated rings. The lowest BCUT2D eigenvalue weighted by Gasteiger charge is -2.11. The van der Waals surface area contributed by atoms with Crippen molar-refractivity contribution >= 4 is 40.8 Å². The predicted molar refractivity (Wildman–Crippen MR) is 128 cm³/mol. The van der Waals surface area contributed by atoms with E-state index in [2.05, 4.69) is 62.6 Å². The summed E-state index contributed by atoms with van der Waals surface area (Å²) in [4.78, 5) is 12.3. The highest BCUT2D eigenvalue weighted by Crippen LogP contribution is 2.17. The summed E-state index contributed by atoms with van der Waals surface area (Å²) >= 11 is 0. The number of hydrogen-bond donors (Lipinski definition) is 3. The van der Waals surface area contributed by atoms with Crippen LogP contribution in [0.3, 0.4) is 0 Å². The summed E-state index contributed by atoms with van der Waals surface area (Å²) in [6.07, 6.45) is 9.14. The van der Waals surface area contributed by atoms with Crippen LogP contribution in [0.4, 0.5) is 0 Å². The number of nitrogens with one attached hydrogen (secondary N) is 3. The van der Waals surface area contributed by atoms with Crippen molar-refractivity contribution in [3.63, 3.8) is 0 Å². The molecule has 0 aliphatic rings. The smallest absolute Gasteiger partial charge is 0.191 e. The SMILES string of the molecule is CCNC(=NCCCCn1ccnc1C)NCCc1c[nH]c2ccccc12.I. The van der Waals surface area contributed by atoms with Crippen molar-refractivity contribution in [2.75, 3.05) is 19.6 Å². The molecule has 152 valence electrons. The first-order valence-electron chi connectivity index (χ1n) is 9.83. The molecular weight excluding hydrogens is 463 g/mol. The Bertz CT molecular complexity index is 867. The molecule has 0 aliphatic heterocycles. The van der Waals surface area contributed by atoms with Gasteiger partial charge in [-0.2, -0.15) is 0 Å². The Balaban J connectivity index is 0.00000280. The molecule has 0 saturated heterocycles. The number of hydrogen-bond acceptors (Lipinski definition) is 2. The molecule has 1 aromatic carbocycles. The van der Waals surface area contributed by atoms with Crippen LogP contribution in [-0.2, 0) is 13.0 Å². The van der Waals surface area contributed by atoms with E-state index in [1.165, 1.54) is 16.5 Å². The van der Waals surface area contributed by atoms with Crippen LogP contribution in [0.15, 0.2) is 47.8 Å². The number of imidazole rings is 1. The van der Waals surface area contributed by atoms with Gasteiger partial charge in [0.15, 0.2) is 5.96 Å². The zero-order chi connectivity index (χ0) is 18.9. The van der Waals surface area contributed by atoms with Gasteiger partial charge < -0.3 is 20.2 Å². The minimum absolute atomic E-state index is 0. The molecular formula is C21H31IN6. The summed E-state index contributed by atoms with van der Waals surface area (Å²) in [5.74, 6) is 1.97. The molecule has 2 aromatic heterocycles. The Morgan fingerprint density at radius 1 is 1.21 bits per heavy atom. The lowest BCUT2D eigenvalue weighted by molar-refractivity contribution is 0.600. The molecule has 2 heterocycles. The predicted octanol–water partition coefficient (Wildman–Crippen LogP) is 3.87. The van der Waals surface area contributed by atoms with Crippen LogP contribution in [0.25, 0.3) is 10.9 Å². The third-order valence-corrected chi connectivity index (χ3v) is 4.71. The van der Waals surface area contributed by atoms with Crippen molar-refractivity contribution in [2.45, 2.75) is 39.7 Å². The van der Waals surface area contributed by atoms with Crippen molar-refractivity contribution in [3.8, 4) is 0 Å². The Morgan fingerprint density at radius 3 is 2.86 bits per heavy atom. The molecule has 7 heteroatoms. The molecule has 0 amide bonds. The average Bonchev–Trinajstić information content (AvgIpc) is 3.28. The van der Waals surface area contributed by atoms with E-state index in [1.807, 2.05) is 19.3 Å². The third kappa shape index (κ3) is 6.25. The van der Waals surface area contributed by atoms with E-state index < -0.39 is 0 Å². The number of H-pyrrole nitrogens is 1. The summed E-state index contributed by atoms with van der Waals surface area (Å²) in [7, 11) is 0. The summed E-state index contributed by atoms with van der Waals surface area (Å²) < 4.78 is 2.19. The van der Waals surface area contributed by atoms with E-state index in [-0.39, 0.29) is 24.0 Å². The lowest BCUT2D eigenvalue weighted by atomic mass is 10.1. The Labute approximate surface area is 184 Å². The van der Waals surface area contributed by atoms with Crippen molar-refractivity contribution in [1.29, 1.82) is 0 Å². The van der Waals surface area contributed by atoms with Crippen LogP contribution in [-0.4, -0.2) is 40.1 Å². The van der Waals surface area contributed by atoms with Gasteiger partial charge in [0, 0.05) is 55.7 Å². The summed E-state index contributed by atoms with van der Waals surface area (Å²) in [6.45, 7) is 7.70. The number of nitrogens with zero attached hydrogens (tertiary/aromatic N) is 3. The summed E-state index contributed by atoms with van der Waals surface area (Å²) in [6, 6.07) is 8.43. The number of unbranched alkanes of at least 4 members (excludes halogenated alkanes) is 1. The van der Waals surface area contributed by atoms with E-state index in [0.717, 1.165) is 57.2 Å². The van der Waals surface area contributed by atoms with Crippen molar-refractivity contribution in [2.24, 2.45) is 4.99 Å². The molecule has 3 N–H and O–H groups in total. The first-order chi connectivity index (χ1) is 13.3. The molecule has 6 nitrogen and oxygen atoms in total. The first kappa shape index (κ1) is 22.3. The fourth-order valence-corrected chi connectivity index (χ4v) is 3.22. The van der Waals surface area contributed by atoms with Gasteiger partial charge in [-0.05, 0) is 44.7 Å². The summed E-state index contributed by atoms with van der Waals surface area (Å²) in [5.41, 5.74) is 2.53. The second kappa shape index (κ2) is 11.7. The summed E-state index contributed by atoms with van der Waals surface area (Å²) in [5, 5.41) is 8.08. The molecule has 0 saturated carbocycles. The quantitative estimate of drug-likeness (QED) is 0.183. The highest BCUT2D eigenvalue weighted by molar-refractivity contribution is 14.0. The van der Waals surface area contributed by atoms with Gasteiger partial charge in [0.1, 0.15) is 5.82 Å². The van der Waals surface area contributed by atoms with Crippen LogP contribution >= 0.6 is 24.0 Å². The number of halogens is 1. The molecule has 3 aromatic rings. The number of guanidine groups is 1. The van der Waals surface area contributed by atoms with Gasteiger partial charge >= 0.3 is 0 Å². The molecule has 0 atom stereocenters. The third-order valence-electron chi connectivity index (χ3n) is 4.71. The maximum absolute atomic E-state index is 4.70. The maximum Gasteiger partial charge on any atom is 0.191 e. The first-order valence-corrected chi connectivity index (χ1v) is 9.83. The fraction of sp³-hybridized carbons (Fsp3) is 0.429. The number of benzene rings is 1. The zero-order valence-electron chi connectivity index (χ0n) is 16.7. The number of para-hydroxylation sites is 1.